The zero-order valence-electron chi connectivity index (χ0n) is 18.0. The quantitative estimate of drug-likeness (QED) is 0.409. The number of imide groups is 1. The van der Waals surface area contributed by atoms with E-state index in [1.165, 1.54) is 4.57 Å². The minimum absolute atomic E-state index is 0.184. The average Bonchev–Trinajstić information content (AvgIpc) is 3.28. The van der Waals surface area contributed by atoms with E-state index >= 15 is 0 Å². The standard InChI is InChI=1S/C25H20N4O5/c30-20(13-29-19-8-6-14-3-1-2-4-18(14)21(19)34-24(29)33)26-17-7-5-16-12-25(10-9-15(16)11-17)22(31)27-23(32)28-25/h1-8,11H,9-10,12-13H2,(H,26,30)(H2,27,28,31,32). The number of hydrogen-bond acceptors (Lipinski definition) is 5. The van der Waals surface area contributed by atoms with E-state index in [2.05, 4.69) is 16.0 Å². The van der Waals surface area contributed by atoms with E-state index in [9.17, 15) is 19.2 Å². The number of carbonyl (C=O) groups excluding carboxylic acids is 3. The number of hydrogen-bond donors (Lipinski definition) is 3. The van der Waals surface area contributed by atoms with Gasteiger partial charge in [-0.25, -0.2) is 9.59 Å². The van der Waals surface area contributed by atoms with Crippen molar-refractivity contribution in [1.29, 1.82) is 0 Å². The van der Waals surface area contributed by atoms with Crippen molar-refractivity contribution >= 4 is 45.4 Å². The number of benzene rings is 3. The number of aromatic nitrogens is 1. The molecule has 4 aromatic rings. The number of amides is 4. The number of rotatable bonds is 3. The molecule has 34 heavy (non-hydrogen) atoms. The molecule has 1 saturated heterocycles. The first-order chi connectivity index (χ1) is 16.4. The van der Waals surface area contributed by atoms with Crippen LogP contribution in [0.15, 0.2) is 63.8 Å². The minimum atomic E-state index is -0.900. The monoisotopic (exact) mass is 456 g/mol. The molecule has 0 saturated carbocycles. The van der Waals surface area contributed by atoms with Crippen molar-refractivity contribution in [3.05, 3.63) is 76.3 Å². The molecule has 170 valence electrons. The van der Waals surface area contributed by atoms with Crippen LogP contribution in [-0.2, 0) is 29.0 Å². The lowest BCUT2D eigenvalue weighted by Crippen LogP contribution is -2.51. The lowest BCUT2D eigenvalue weighted by molar-refractivity contribution is -0.124. The molecule has 0 bridgehead atoms. The maximum Gasteiger partial charge on any atom is 0.420 e. The van der Waals surface area contributed by atoms with Gasteiger partial charge in [0.15, 0.2) is 5.58 Å². The first-order valence-corrected chi connectivity index (χ1v) is 11.0. The largest absolute Gasteiger partial charge is 0.420 e. The third kappa shape index (κ3) is 3.16. The van der Waals surface area contributed by atoms with Crippen LogP contribution in [0.2, 0.25) is 0 Å². The molecule has 9 heteroatoms. The number of aryl methyl sites for hydroxylation is 1. The van der Waals surface area contributed by atoms with E-state index in [1.54, 1.807) is 12.1 Å². The summed E-state index contributed by atoms with van der Waals surface area (Å²) in [5, 5.41) is 9.68. The van der Waals surface area contributed by atoms with E-state index in [4.69, 9.17) is 4.42 Å². The number of carbonyl (C=O) groups is 3. The van der Waals surface area contributed by atoms with Crippen molar-refractivity contribution < 1.29 is 18.8 Å². The van der Waals surface area contributed by atoms with Gasteiger partial charge in [0.1, 0.15) is 12.1 Å². The summed E-state index contributed by atoms with van der Waals surface area (Å²) in [6, 6.07) is 16.3. The van der Waals surface area contributed by atoms with Crippen LogP contribution in [0.5, 0.6) is 0 Å². The minimum Gasteiger partial charge on any atom is -0.407 e. The molecule has 1 aliphatic heterocycles. The molecule has 9 nitrogen and oxygen atoms in total. The maximum atomic E-state index is 12.8. The summed E-state index contributed by atoms with van der Waals surface area (Å²) in [5.74, 6) is -1.24. The molecule has 4 amide bonds. The third-order valence-electron chi connectivity index (χ3n) is 6.68. The van der Waals surface area contributed by atoms with Crippen molar-refractivity contribution in [2.24, 2.45) is 0 Å². The lowest BCUT2D eigenvalue weighted by atomic mass is 9.78. The summed E-state index contributed by atoms with van der Waals surface area (Å²) in [6.07, 6.45) is 1.48. The van der Waals surface area contributed by atoms with Crippen LogP contribution in [0, 0.1) is 0 Å². The highest BCUT2D eigenvalue weighted by atomic mass is 16.4. The molecule has 1 atom stereocenters. The second-order valence-corrected chi connectivity index (χ2v) is 8.79. The molecule has 6 rings (SSSR count). The Bertz CT molecular complexity index is 1580. The van der Waals surface area contributed by atoms with E-state index < -0.39 is 17.3 Å². The van der Waals surface area contributed by atoms with E-state index in [-0.39, 0.29) is 18.4 Å². The summed E-state index contributed by atoms with van der Waals surface area (Å²) >= 11 is 0. The average molecular weight is 456 g/mol. The smallest absolute Gasteiger partial charge is 0.407 e. The van der Waals surface area contributed by atoms with Crippen LogP contribution >= 0.6 is 0 Å². The fraction of sp³-hybridized carbons (Fsp3) is 0.200. The molecule has 3 aromatic carbocycles. The van der Waals surface area contributed by atoms with Gasteiger partial charge in [-0.05, 0) is 47.6 Å². The highest BCUT2D eigenvalue weighted by molar-refractivity contribution is 6.07. The third-order valence-corrected chi connectivity index (χ3v) is 6.68. The van der Waals surface area contributed by atoms with Crippen LogP contribution in [0.3, 0.4) is 0 Å². The van der Waals surface area contributed by atoms with Gasteiger partial charge in [-0.1, -0.05) is 36.4 Å². The Labute approximate surface area is 192 Å². The van der Waals surface area contributed by atoms with Crippen molar-refractivity contribution in [3.8, 4) is 0 Å². The van der Waals surface area contributed by atoms with Gasteiger partial charge in [-0.15, -0.1) is 0 Å². The fourth-order valence-electron chi connectivity index (χ4n) is 4.98. The molecule has 2 heterocycles. The predicted molar refractivity (Wildman–Crippen MR) is 124 cm³/mol. The summed E-state index contributed by atoms with van der Waals surface area (Å²) in [4.78, 5) is 49.1. The first-order valence-electron chi connectivity index (χ1n) is 11.0. The van der Waals surface area contributed by atoms with E-state index in [0.717, 1.165) is 21.9 Å². The van der Waals surface area contributed by atoms with Gasteiger partial charge in [-0.3, -0.25) is 19.5 Å². The van der Waals surface area contributed by atoms with Gasteiger partial charge in [0.25, 0.3) is 5.91 Å². The van der Waals surface area contributed by atoms with Gasteiger partial charge >= 0.3 is 11.8 Å². The maximum absolute atomic E-state index is 12.8. The first kappa shape index (κ1) is 20.2. The van der Waals surface area contributed by atoms with Gasteiger partial charge in [0.05, 0.1) is 5.52 Å². The van der Waals surface area contributed by atoms with Gasteiger partial charge < -0.3 is 15.1 Å². The molecule has 1 unspecified atom stereocenters. The summed E-state index contributed by atoms with van der Waals surface area (Å²) in [7, 11) is 0. The molecule has 1 fully saturated rings. The molecule has 2 aliphatic rings. The Morgan fingerprint density at radius 3 is 2.74 bits per heavy atom. The summed E-state index contributed by atoms with van der Waals surface area (Å²) < 4.78 is 6.78. The molecule has 1 spiro atoms. The topological polar surface area (TPSA) is 122 Å². The van der Waals surface area contributed by atoms with Gasteiger partial charge in [-0.2, -0.15) is 0 Å². The van der Waals surface area contributed by atoms with Crippen LogP contribution in [-0.4, -0.2) is 28.0 Å². The number of anilines is 1. The Balaban J connectivity index is 1.22. The van der Waals surface area contributed by atoms with Crippen LogP contribution in [0.1, 0.15) is 17.5 Å². The van der Waals surface area contributed by atoms with Crippen molar-refractivity contribution in [2.45, 2.75) is 31.3 Å². The molecule has 1 aromatic heterocycles. The van der Waals surface area contributed by atoms with Crippen molar-refractivity contribution in [2.75, 3.05) is 5.32 Å². The molecule has 0 radical (unpaired) electrons. The van der Waals surface area contributed by atoms with Gasteiger partial charge in [0.2, 0.25) is 5.91 Å². The molecular weight excluding hydrogens is 436 g/mol. The Morgan fingerprint density at radius 1 is 1.06 bits per heavy atom. The fourth-order valence-corrected chi connectivity index (χ4v) is 4.98. The number of nitrogens with one attached hydrogen (secondary N) is 3. The van der Waals surface area contributed by atoms with Crippen molar-refractivity contribution in [3.63, 3.8) is 0 Å². The lowest BCUT2D eigenvalue weighted by Gasteiger charge is -2.32. The number of oxazole rings is 1. The van der Waals surface area contributed by atoms with E-state index in [0.29, 0.717) is 36.0 Å². The summed E-state index contributed by atoms with van der Waals surface area (Å²) in [6.45, 7) is -0.184. The zero-order chi connectivity index (χ0) is 23.4. The highest BCUT2D eigenvalue weighted by Gasteiger charge is 2.47. The van der Waals surface area contributed by atoms with Crippen LogP contribution in [0.25, 0.3) is 21.9 Å². The van der Waals surface area contributed by atoms with Crippen molar-refractivity contribution in [1.82, 2.24) is 15.2 Å². The Kier molecular flexibility index (Phi) is 4.35. The normalized spacial score (nSPS) is 19.3. The molecule has 1 aliphatic carbocycles. The number of urea groups is 1. The van der Waals surface area contributed by atoms with E-state index in [1.807, 2.05) is 42.5 Å². The second kappa shape index (κ2) is 7.31. The highest BCUT2D eigenvalue weighted by Crippen LogP contribution is 2.32. The van der Waals surface area contributed by atoms with Crippen LogP contribution in [0.4, 0.5) is 10.5 Å². The molecular formula is C25H20N4O5. The number of fused-ring (bicyclic) bond motifs is 4. The Morgan fingerprint density at radius 2 is 1.91 bits per heavy atom. The van der Waals surface area contributed by atoms with Gasteiger partial charge in [0, 0.05) is 17.5 Å². The molecule has 3 N–H and O–H groups in total. The van der Waals surface area contributed by atoms with Crippen LogP contribution < -0.4 is 21.7 Å². The number of nitrogens with zero attached hydrogens (tertiary/aromatic N) is 1. The summed E-state index contributed by atoms with van der Waals surface area (Å²) in [5.41, 5.74) is 2.68. The zero-order valence-corrected chi connectivity index (χ0v) is 18.0. The predicted octanol–water partition coefficient (Wildman–Crippen LogP) is 2.45. The second-order valence-electron chi connectivity index (χ2n) is 8.79. The Hall–Kier alpha value is -4.40. The SMILES string of the molecule is O=C(Cn1c(=O)oc2c3ccccc3ccc21)Nc1ccc2c(c1)CCC1(C2)NC(=O)NC1=O.